The lowest BCUT2D eigenvalue weighted by Gasteiger charge is -2.35. The third kappa shape index (κ3) is 5.03. The zero-order valence-corrected chi connectivity index (χ0v) is 16.1. The van der Waals surface area contributed by atoms with Crippen LogP contribution in [0.1, 0.15) is 36.0 Å². The quantitative estimate of drug-likeness (QED) is 0.533. The summed E-state index contributed by atoms with van der Waals surface area (Å²) in [5.74, 6) is -2.71. The molecule has 0 aliphatic carbocycles. The fourth-order valence-corrected chi connectivity index (χ4v) is 4.06. The van der Waals surface area contributed by atoms with Gasteiger partial charge in [-0.15, -0.1) is 0 Å². The first-order valence-corrected chi connectivity index (χ1v) is 9.48. The number of rotatable bonds is 4. The minimum Gasteiger partial charge on any atom is -0.478 e. The van der Waals surface area contributed by atoms with Gasteiger partial charge in [-0.05, 0) is 26.0 Å². The number of esters is 1. The molecule has 0 saturated carbocycles. The van der Waals surface area contributed by atoms with Gasteiger partial charge in [-0.3, -0.25) is 0 Å². The minimum atomic E-state index is -1.26. The van der Waals surface area contributed by atoms with Gasteiger partial charge in [-0.25, -0.2) is 14.4 Å². The first-order chi connectivity index (χ1) is 13.8. The second-order valence-electron chi connectivity index (χ2n) is 7.31. The molecule has 3 heterocycles. The molecular formula is C21H24N2O6. The number of benzene rings is 1. The van der Waals surface area contributed by atoms with E-state index in [1.54, 1.807) is 6.20 Å². The van der Waals surface area contributed by atoms with Crippen LogP contribution < -0.4 is 0 Å². The Morgan fingerprint density at radius 1 is 1.07 bits per heavy atom. The summed E-state index contributed by atoms with van der Waals surface area (Å²) < 4.78 is 5.79. The van der Waals surface area contributed by atoms with Gasteiger partial charge in [0, 0.05) is 54.2 Å². The summed E-state index contributed by atoms with van der Waals surface area (Å²) >= 11 is 0. The molecule has 8 nitrogen and oxygen atoms in total. The molecule has 0 amide bonds. The summed E-state index contributed by atoms with van der Waals surface area (Å²) in [7, 11) is 2.19. The van der Waals surface area contributed by atoms with Gasteiger partial charge in [0.25, 0.3) is 0 Å². The molecule has 0 unspecified atom stereocenters. The molecule has 2 bridgehead atoms. The standard InChI is InChI=1S/C17H20N2O2.C4H4O4/c1-19-11-6-7-12(19)9-13(8-11)21-17(20)15-10-18-16-5-3-2-4-14(15)16;5-3(6)1-2-4(7)8/h2-5,10-13,18H,6-9H2,1H3;1-2H,(H,5,6)(H,7,8)/b;2-1+/t11-,12-;/m0./s1. The van der Waals surface area contributed by atoms with Gasteiger partial charge in [0.15, 0.2) is 0 Å². The van der Waals surface area contributed by atoms with Crippen molar-refractivity contribution >= 4 is 28.8 Å². The highest BCUT2D eigenvalue weighted by Gasteiger charge is 2.40. The number of aliphatic carboxylic acids is 2. The van der Waals surface area contributed by atoms with E-state index < -0.39 is 11.9 Å². The third-order valence-electron chi connectivity index (χ3n) is 5.51. The number of hydrogen-bond donors (Lipinski definition) is 3. The molecule has 1 aromatic heterocycles. The fourth-order valence-electron chi connectivity index (χ4n) is 4.06. The smallest absolute Gasteiger partial charge is 0.340 e. The van der Waals surface area contributed by atoms with Crippen molar-refractivity contribution in [3.8, 4) is 0 Å². The first kappa shape index (κ1) is 20.6. The van der Waals surface area contributed by atoms with Crippen LogP contribution in [0.5, 0.6) is 0 Å². The number of carboxylic acids is 2. The van der Waals surface area contributed by atoms with Crippen LogP contribution in [-0.2, 0) is 14.3 Å². The number of carbonyl (C=O) groups is 3. The Morgan fingerprint density at radius 2 is 1.66 bits per heavy atom. The maximum Gasteiger partial charge on any atom is 0.340 e. The Labute approximate surface area is 167 Å². The van der Waals surface area contributed by atoms with Gasteiger partial charge < -0.3 is 24.8 Å². The predicted octanol–water partition coefficient (Wildman–Crippen LogP) is 2.66. The molecule has 154 valence electrons. The Bertz CT molecular complexity index is 904. The molecule has 2 fully saturated rings. The van der Waals surface area contributed by atoms with E-state index in [2.05, 4.69) is 16.9 Å². The number of fused-ring (bicyclic) bond motifs is 3. The number of ether oxygens (including phenoxy) is 1. The highest BCUT2D eigenvalue weighted by molar-refractivity contribution is 6.04. The summed E-state index contributed by atoms with van der Waals surface area (Å²) in [4.78, 5) is 37.1. The van der Waals surface area contributed by atoms with E-state index in [1.807, 2.05) is 24.3 Å². The predicted molar refractivity (Wildman–Crippen MR) is 106 cm³/mol. The highest BCUT2D eigenvalue weighted by atomic mass is 16.5. The van der Waals surface area contributed by atoms with Crippen molar-refractivity contribution < 1.29 is 29.3 Å². The maximum atomic E-state index is 12.4. The van der Waals surface area contributed by atoms with Gasteiger partial charge in [-0.2, -0.15) is 0 Å². The molecule has 2 atom stereocenters. The number of aromatic nitrogens is 1. The van der Waals surface area contributed by atoms with Crippen molar-refractivity contribution in [2.45, 2.75) is 43.9 Å². The summed E-state index contributed by atoms with van der Waals surface area (Å²) in [6.07, 6.45) is 7.37. The van der Waals surface area contributed by atoms with E-state index in [4.69, 9.17) is 14.9 Å². The van der Waals surface area contributed by atoms with Crippen LogP contribution in [0.15, 0.2) is 42.6 Å². The number of carboxylic acid groups (broad SMARTS) is 2. The molecular weight excluding hydrogens is 376 g/mol. The van der Waals surface area contributed by atoms with Crippen molar-refractivity contribution in [1.82, 2.24) is 9.88 Å². The summed E-state index contributed by atoms with van der Waals surface area (Å²) in [6, 6.07) is 9.02. The molecule has 4 rings (SSSR count). The normalized spacial score (nSPS) is 23.6. The van der Waals surface area contributed by atoms with E-state index >= 15 is 0 Å². The van der Waals surface area contributed by atoms with Crippen LogP contribution in [0.3, 0.4) is 0 Å². The van der Waals surface area contributed by atoms with Gasteiger partial charge in [0.1, 0.15) is 6.10 Å². The molecule has 8 heteroatoms. The Hall–Kier alpha value is -3.13. The van der Waals surface area contributed by atoms with Crippen LogP contribution in [0.4, 0.5) is 0 Å². The van der Waals surface area contributed by atoms with Gasteiger partial charge in [0.2, 0.25) is 0 Å². The van der Waals surface area contributed by atoms with Crippen LogP contribution in [-0.4, -0.2) is 63.2 Å². The third-order valence-corrected chi connectivity index (χ3v) is 5.51. The molecule has 0 spiro atoms. The average Bonchev–Trinajstić information content (AvgIpc) is 3.18. The van der Waals surface area contributed by atoms with E-state index in [1.165, 1.54) is 12.8 Å². The van der Waals surface area contributed by atoms with Crippen LogP contribution in [0.2, 0.25) is 0 Å². The molecule has 3 N–H and O–H groups in total. The zero-order valence-electron chi connectivity index (χ0n) is 16.1. The van der Waals surface area contributed by atoms with E-state index in [0.717, 1.165) is 23.7 Å². The lowest BCUT2D eigenvalue weighted by Crippen LogP contribution is -2.43. The fraction of sp³-hybridized carbons (Fsp3) is 0.381. The first-order valence-electron chi connectivity index (χ1n) is 9.48. The second-order valence-corrected chi connectivity index (χ2v) is 7.31. The molecule has 2 aliphatic rings. The summed E-state index contributed by atoms with van der Waals surface area (Å²) in [5.41, 5.74) is 1.63. The average molecular weight is 400 g/mol. The number of nitrogens with one attached hydrogen (secondary N) is 1. The topological polar surface area (TPSA) is 120 Å². The number of H-pyrrole nitrogens is 1. The Kier molecular flexibility index (Phi) is 6.33. The van der Waals surface area contributed by atoms with Gasteiger partial charge >= 0.3 is 17.9 Å². The molecule has 2 saturated heterocycles. The molecule has 2 aromatic rings. The van der Waals surface area contributed by atoms with Crippen molar-refractivity contribution in [3.63, 3.8) is 0 Å². The summed E-state index contributed by atoms with van der Waals surface area (Å²) in [5, 5.41) is 16.6. The SMILES string of the molecule is CN1[C@H]2CC[C@H]1CC(OC(=O)c1c[nH]c3ccccc13)C2.O=C(O)/C=C/C(=O)O. The number of para-hydroxylation sites is 1. The van der Waals surface area contributed by atoms with Crippen molar-refractivity contribution in [3.05, 3.63) is 48.2 Å². The van der Waals surface area contributed by atoms with Gasteiger partial charge in [-0.1, -0.05) is 18.2 Å². The van der Waals surface area contributed by atoms with E-state index in [-0.39, 0.29) is 12.1 Å². The van der Waals surface area contributed by atoms with Crippen molar-refractivity contribution in [2.24, 2.45) is 0 Å². The summed E-state index contributed by atoms with van der Waals surface area (Å²) in [6.45, 7) is 0. The number of aromatic amines is 1. The maximum absolute atomic E-state index is 12.4. The number of nitrogens with zero attached hydrogens (tertiary/aromatic N) is 1. The monoisotopic (exact) mass is 400 g/mol. The molecule has 0 radical (unpaired) electrons. The van der Waals surface area contributed by atoms with Crippen LogP contribution in [0.25, 0.3) is 10.9 Å². The van der Waals surface area contributed by atoms with Crippen LogP contribution >= 0.6 is 0 Å². The van der Waals surface area contributed by atoms with Crippen molar-refractivity contribution in [2.75, 3.05) is 7.05 Å². The van der Waals surface area contributed by atoms with E-state index in [0.29, 0.717) is 29.8 Å². The zero-order chi connectivity index (χ0) is 21.0. The lowest BCUT2D eigenvalue weighted by molar-refractivity contribution is -0.134. The number of hydrogen-bond acceptors (Lipinski definition) is 5. The molecule has 1 aromatic carbocycles. The Balaban J connectivity index is 0.000000258. The largest absolute Gasteiger partial charge is 0.478 e. The Morgan fingerprint density at radius 3 is 2.24 bits per heavy atom. The highest BCUT2D eigenvalue weighted by Crippen LogP contribution is 2.35. The van der Waals surface area contributed by atoms with Crippen LogP contribution in [0, 0.1) is 0 Å². The van der Waals surface area contributed by atoms with Gasteiger partial charge in [0.05, 0.1) is 5.56 Å². The number of piperidine rings is 1. The molecule has 2 aliphatic heterocycles. The van der Waals surface area contributed by atoms with Crippen molar-refractivity contribution in [1.29, 1.82) is 0 Å². The molecule has 29 heavy (non-hydrogen) atoms. The number of carbonyl (C=O) groups excluding carboxylic acids is 1. The van der Waals surface area contributed by atoms with E-state index in [9.17, 15) is 14.4 Å². The second kappa shape index (κ2) is 8.91. The lowest BCUT2D eigenvalue weighted by atomic mass is 10.0. The minimum absolute atomic E-state index is 0.0693.